The van der Waals surface area contributed by atoms with Gasteiger partial charge in [-0.25, -0.2) is 8.78 Å². The number of nitrogen functional groups attached to an aromatic ring is 1. The summed E-state index contributed by atoms with van der Waals surface area (Å²) < 4.78 is 28.3. The van der Waals surface area contributed by atoms with Crippen molar-refractivity contribution in [2.75, 3.05) is 18.0 Å². The number of nitrogens with zero attached hydrogens (tertiary/aromatic N) is 1. The molecule has 1 fully saturated rings. The fraction of sp³-hybridized carbons (Fsp3) is 0.533. The molecule has 20 heavy (non-hydrogen) atoms. The monoisotopic (exact) mass is 281 g/mol. The lowest BCUT2D eigenvalue weighted by atomic mass is 9.85. The fourth-order valence-corrected chi connectivity index (χ4v) is 2.67. The quantitative estimate of drug-likeness (QED) is 0.645. The van der Waals surface area contributed by atoms with E-state index in [4.69, 9.17) is 11.1 Å². The average Bonchev–Trinajstić information content (AvgIpc) is 2.50. The van der Waals surface area contributed by atoms with Crippen LogP contribution in [0.4, 0.5) is 14.5 Å². The topological polar surface area (TPSA) is 53.1 Å². The number of benzene rings is 1. The summed E-state index contributed by atoms with van der Waals surface area (Å²) >= 11 is 0. The maximum Gasteiger partial charge on any atom is 0.150 e. The molecule has 0 amide bonds. The van der Waals surface area contributed by atoms with Crippen molar-refractivity contribution in [1.29, 1.82) is 5.41 Å². The normalized spacial score (nSPS) is 18.7. The maximum atomic E-state index is 14.1. The maximum absolute atomic E-state index is 14.1. The third-order valence-electron chi connectivity index (χ3n) is 3.98. The molecule has 0 radical (unpaired) electrons. The molecule has 0 aliphatic carbocycles. The Morgan fingerprint density at radius 1 is 1.20 bits per heavy atom. The summed E-state index contributed by atoms with van der Waals surface area (Å²) in [5.41, 5.74) is 5.58. The molecule has 1 aromatic carbocycles. The summed E-state index contributed by atoms with van der Waals surface area (Å²) in [4.78, 5) is 1.77. The van der Waals surface area contributed by atoms with Gasteiger partial charge in [-0.05, 0) is 36.8 Å². The zero-order chi connectivity index (χ0) is 14.9. The summed E-state index contributed by atoms with van der Waals surface area (Å²) in [6.45, 7) is 5.65. The van der Waals surface area contributed by atoms with Gasteiger partial charge in [0.1, 0.15) is 23.2 Å². The molecule has 0 bridgehead atoms. The van der Waals surface area contributed by atoms with E-state index in [2.05, 4.69) is 13.8 Å². The number of amidine groups is 1. The SMILES string of the molecule is CC1(C)CCCN(c2c(F)cc(C(=N)N)cc2F)CC1. The first kappa shape index (κ1) is 14.8. The second kappa shape index (κ2) is 5.38. The Labute approximate surface area is 118 Å². The van der Waals surface area contributed by atoms with Crippen molar-refractivity contribution in [2.45, 2.75) is 33.1 Å². The standard InChI is InChI=1S/C15H21F2N3/c1-15(2)4-3-6-20(7-5-15)13-11(16)8-10(14(18)19)9-12(13)17/h8-9H,3-7H2,1-2H3,(H3,18,19). The second-order valence-corrected chi connectivity index (χ2v) is 6.21. The van der Waals surface area contributed by atoms with Crippen molar-refractivity contribution in [3.63, 3.8) is 0 Å². The van der Waals surface area contributed by atoms with Gasteiger partial charge in [0.15, 0.2) is 0 Å². The summed E-state index contributed by atoms with van der Waals surface area (Å²) in [5.74, 6) is -1.61. The van der Waals surface area contributed by atoms with Crippen LogP contribution in [0, 0.1) is 22.5 Å². The molecule has 1 heterocycles. The third-order valence-corrected chi connectivity index (χ3v) is 3.98. The number of rotatable bonds is 2. The molecule has 0 atom stereocenters. The Morgan fingerprint density at radius 3 is 2.35 bits per heavy atom. The Morgan fingerprint density at radius 2 is 1.80 bits per heavy atom. The van der Waals surface area contributed by atoms with Crippen molar-refractivity contribution in [3.05, 3.63) is 29.3 Å². The molecule has 5 heteroatoms. The molecule has 0 unspecified atom stereocenters. The minimum Gasteiger partial charge on any atom is -0.384 e. The minimum atomic E-state index is -0.644. The molecule has 1 aliphatic heterocycles. The molecule has 0 aromatic heterocycles. The van der Waals surface area contributed by atoms with Gasteiger partial charge in [0.2, 0.25) is 0 Å². The lowest BCUT2D eigenvalue weighted by Gasteiger charge is -2.25. The van der Waals surface area contributed by atoms with Crippen LogP contribution in [0.15, 0.2) is 12.1 Å². The summed E-state index contributed by atoms with van der Waals surface area (Å²) in [6, 6.07) is 2.27. The molecule has 0 saturated carbocycles. The van der Waals surface area contributed by atoms with Crippen molar-refractivity contribution in [2.24, 2.45) is 11.1 Å². The zero-order valence-electron chi connectivity index (χ0n) is 12.0. The van der Waals surface area contributed by atoms with E-state index in [9.17, 15) is 8.78 Å². The Balaban J connectivity index is 2.31. The van der Waals surface area contributed by atoms with E-state index in [1.807, 2.05) is 0 Å². The van der Waals surface area contributed by atoms with Crippen LogP contribution in [-0.2, 0) is 0 Å². The molecule has 1 saturated heterocycles. The smallest absolute Gasteiger partial charge is 0.150 e. The number of nitrogens with one attached hydrogen (secondary N) is 1. The van der Waals surface area contributed by atoms with Gasteiger partial charge in [-0.15, -0.1) is 0 Å². The summed E-state index contributed by atoms with van der Waals surface area (Å²) in [6.07, 6.45) is 2.87. The number of nitrogens with two attached hydrogens (primary N) is 1. The van der Waals surface area contributed by atoms with Gasteiger partial charge in [0, 0.05) is 18.7 Å². The summed E-state index contributed by atoms with van der Waals surface area (Å²) in [5, 5.41) is 7.26. The van der Waals surface area contributed by atoms with Crippen LogP contribution < -0.4 is 10.6 Å². The first-order valence-electron chi connectivity index (χ1n) is 6.88. The number of hydrogen-bond donors (Lipinski definition) is 2. The Bertz CT molecular complexity index is 503. The molecule has 3 N–H and O–H groups in total. The molecule has 3 nitrogen and oxygen atoms in total. The van der Waals surface area contributed by atoms with Gasteiger partial charge < -0.3 is 10.6 Å². The predicted octanol–water partition coefficient (Wildman–Crippen LogP) is 3.27. The lowest BCUT2D eigenvalue weighted by Crippen LogP contribution is -2.27. The van der Waals surface area contributed by atoms with Gasteiger partial charge in [-0.3, -0.25) is 5.41 Å². The molecule has 2 rings (SSSR count). The van der Waals surface area contributed by atoms with E-state index >= 15 is 0 Å². The fourth-order valence-electron chi connectivity index (χ4n) is 2.67. The first-order chi connectivity index (χ1) is 9.30. The van der Waals surface area contributed by atoms with Crippen molar-refractivity contribution in [1.82, 2.24) is 0 Å². The van der Waals surface area contributed by atoms with E-state index in [0.29, 0.717) is 13.1 Å². The van der Waals surface area contributed by atoms with Crippen LogP contribution in [0.2, 0.25) is 0 Å². The van der Waals surface area contributed by atoms with Crippen LogP contribution in [0.25, 0.3) is 0 Å². The number of halogens is 2. The molecule has 110 valence electrons. The van der Waals surface area contributed by atoms with E-state index in [1.54, 1.807) is 4.90 Å². The van der Waals surface area contributed by atoms with Crippen LogP contribution in [-0.4, -0.2) is 18.9 Å². The van der Waals surface area contributed by atoms with Gasteiger partial charge in [-0.1, -0.05) is 13.8 Å². The molecular formula is C15H21F2N3. The van der Waals surface area contributed by atoms with E-state index in [-0.39, 0.29) is 22.5 Å². The van der Waals surface area contributed by atoms with Crippen LogP contribution in [0.3, 0.4) is 0 Å². The molecule has 1 aliphatic rings. The highest BCUT2D eigenvalue weighted by Gasteiger charge is 2.26. The first-order valence-corrected chi connectivity index (χ1v) is 6.88. The van der Waals surface area contributed by atoms with Crippen LogP contribution in [0.5, 0.6) is 0 Å². The number of hydrogen-bond acceptors (Lipinski definition) is 2. The largest absolute Gasteiger partial charge is 0.384 e. The molecule has 1 aromatic rings. The number of anilines is 1. The van der Waals surface area contributed by atoms with Crippen molar-refractivity contribution in [3.8, 4) is 0 Å². The molecule has 0 spiro atoms. The van der Waals surface area contributed by atoms with Crippen molar-refractivity contribution >= 4 is 11.5 Å². The van der Waals surface area contributed by atoms with E-state index in [1.165, 1.54) is 0 Å². The van der Waals surface area contributed by atoms with Gasteiger partial charge in [0.25, 0.3) is 0 Å². The Kier molecular flexibility index (Phi) is 3.97. The zero-order valence-corrected chi connectivity index (χ0v) is 12.0. The predicted molar refractivity (Wildman–Crippen MR) is 77.2 cm³/mol. The van der Waals surface area contributed by atoms with Gasteiger partial charge >= 0.3 is 0 Å². The van der Waals surface area contributed by atoms with Crippen molar-refractivity contribution < 1.29 is 8.78 Å². The highest BCUT2D eigenvalue weighted by atomic mass is 19.1. The van der Waals surface area contributed by atoms with Gasteiger partial charge in [-0.2, -0.15) is 0 Å². The molecular weight excluding hydrogens is 260 g/mol. The van der Waals surface area contributed by atoms with Crippen LogP contribution >= 0.6 is 0 Å². The second-order valence-electron chi connectivity index (χ2n) is 6.21. The lowest BCUT2D eigenvalue weighted by molar-refractivity contribution is 0.325. The van der Waals surface area contributed by atoms with E-state index < -0.39 is 11.6 Å². The van der Waals surface area contributed by atoms with E-state index in [0.717, 1.165) is 31.4 Å². The van der Waals surface area contributed by atoms with Gasteiger partial charge in [0.05, 0.1) is 0 Å². The third kappa shape index (κ3) is 3.08. The summed E-state index contributed by atoms with van der Waals surface area (Å²) in [7, 11) is 0. The Hall–Kier alpha value is -1.65. The minimum absolute atomic E-state index is 0.00713. The van der Waals surface area contributed by atoms with Crippen LogP contribution in [0.1, 0.15) is 38.7 Å². The average molecular weight is 281 g/mol. The highest BCUT2D eigenvalue weighted by molar-refractivity contribution is 5.95. The highest BCUT2D eigenvalue weighted by Crippen LogP contribution is 2.33.